The Morgan fingerprint density at radius 2 is 1.62 bits per heavy atom. The Balaban J connectivity index is 1.77. The van der Waals surface area contributed by atoms with Gasteiger partial charge in [-0.05, 0) is 61.6 Å². The van der Waals surface area contributed by atoms with Gasteiger partial charge in [-0.15, -0.1) is 0 Å². The van der Waals surface area contributed by atoms with Gasteiger partial charge in [-0.3, -0.25) is 14.6 Å². The second kappa shape index (κ2) is 11.0. The van der Waals surface area contributed by atoms with E-state index in [1.54, 1.807) is 52.3 Å². The molecule has 1 aliphatic heterocycles. The SMILES string of the molecule is CCOC(=O)C1C(C)=NC2=C(C(=O)C[C@@H](c3ccc(OC)c(OC)c3)C2)[C@@H]1c1ccc(C(=O)OC)cc1. The highest BCUT2D eigenvalue weighted by molar-refractivity contribution is 6.09. The van der Waals surface area contributed by atoms with E-state index >= 15 is 0 Å². The van der Waals surface area contributed by atoms with Crippen LogP contribution in [0.5, 0.6) is 11.5 Å². The predicted molar refractivity (Wildman–Crippen MR) is 137 cm³/mol. The summed E-state index contributed by atoms with van der Waals surface area (Å²) in [6, 6.07) is 12.5. The van der Waals surface area contributed by atoms with E-state index in [1.165, 1.54) is 7.11 Å². The molecule has 0 bridgehead atoms. The van der Waals surface area contributed by atoms with Crippen molar-refractivity contribution in [3.8, 4) is 11.5 Å². The van der Waals surface area contributed by atoms with E-state index in [0.29, 0.717) is 40.5 Å². The van der Waals surface area contributed by atoms with Gasteiger partial charge in [0.05, 0.1) is 33.5 Å². The van der Waals surface area contributed by atoms with Crippen LogP contribution in [0.2, 0.25) is 0 Å². The zero-order valence-corrected chi connectivity index (χ0v) is 21.7. The molecule has 0 saturated carbocycles. The number of carbonyl (C=O) groups excluding carboxylic acids is 3. The minimum absolute atomic E-state index is 0.0615. The first-order chi connectivity index (χ1) is 17.8. The summed E-state index contributed by atoms with van der Waals surface area (Å²) in [7, 11) is 4.48. The van der Waals surface area contributed by atoms with Crippen LogP contribution in [-0.2, 0) is 19.1 Å². The van der Waals surface area contributed by atoms with Crippen LogP contribution < -0.4 is 9.47 Å². The van der Waals surface area contributed by atoms with Crippen LogP contribution in [0.3, 0.4) is 0 Å². The maximum Gasteiger partial charge on any atom is 0.337 e. The fourth-order valence-corrected chi connectivity index (χ4v) is 5.24. The van der Waals surface area contributed by atoms with Gasteiger partial charge in [0.1, 0.15) is 5.92 Å². The molecule has 4 rings (SSSR count). The van der Waals surface area contributed by atoms with Gasteiger partial charge in [0.2, 0.25) is 0 Å². The van der Waals surface area contributed by atoms with Crippen molar-refractivity contribution in [1.29, 1.82) is 0 Å². The molecule has 8 nitrogen and oxygen atoms in total. The zero-order chi connectivity index (χ0) is 26.7. The van der Waals surface area contributed by atoms with Crippen LogP contribution in [0.15, 0.2) is 58.7 Å². The van der Waals surface area contributed by atoms with E-state index in [2.05, 4.69) is 0 Å². The number of rotatable bonds is 7. The molecule has 0 radical (unpaired) electrons. The third-order valence-corrected chi connectivity index (χ3v) is 7.00. The smallest absolute Gasteiger partial charge is 0.337 e. The molecular formula is C29H31NO7. The van der Waals surface area contributed by atoms with Gasteiger partial charge in [-0.2, -0.15) is 0 Å². The van der Waals surface area contributed by atoms with Crippen LogP contribution in [0, 0.1) is 5.92 Å². The Kier molecular flexibility index (Phi) is 7.76. The Hall–Kier alpha value is -3.94. The number of benzene rings is 2. The second-order valence-corrected chi connectivity index (χ2v) is 9.08. The van der Waals surface area contributed by atoms with Crippen molar-refractivity contribution in [1.82, 2.24) is 0 Å². The van der Waals surface area contributed by atoms with Crippen LogP contribution in [0.4, 0.5) is 0 Å². The first-order valence-corrected chi connectivity index (χ1v) is 12.2. The van der Waals surface area contributed by atoms with Crippen molar-refractivity contribution < 1.29 is 33.3 Å². The fourth-order valence-electron chi connectivity index (χ4n) is 5.24. The number of methoxy groups -OCH3 is 3. The zero-order valence-electron chi connectivity index (χ0n) is 21.7. The number of carbonyl (C=O) groups is 3. The van der Waals surface area contributed by atoms with Gasteiger partial charge >= 0.3 is 11.9 Å². The summed E-state index contributed by atoms with van der Waals surface area (Å²) in [5.41, 5.74) is 3.89. The van der Waals surface area contributed by atoms with Crippen LogP contribution >= 0.6 is 0 Å². The molecule has 0 N–H and O–H groups in total. The quantitative estimate of drug-likeness (QED) is 0.506. The molecule has 0 fully saturated rings. The molecule has 0 aromatic heterocycles. The number of hydrogen-bond acceptors (Lipinski definition) is 8. The molecule has 2 aromatic rings. The fraction of sp³-hybridized carbons (Fsp3) is 0.379. The maximum atomic E-state index is 13.7. The molecule has 2 aromatic carbocycles. The highest BCUT2D eigenvalue weighted by Crippen LogP contribution is 2.47. The van der Waals surface area contributed by atoms with Crippen molar-refractivity contribution in [3.05, 3.63) is 70.4 Å². The highest BCUT2D eigenvalue weighted by atomic mass is 16.5. The van der Waals surface area contributed by atoms with E-state index in [9.17, 15) is 14.4 Å². The van der Waals surface area contributed by atoms with Gasteiger partial charge in [-0.1, -0.05) is 18.2 Å². The Labute approximate surface area is 216 Å². The number of ketones is 1. The average Bonchev–Trinajstić information content (AvgIpc) is 2.91. The number of Topliss-reactive ketones (excluding diaryl/α,β-unsaturated/α-hetero) is 1. The summed E-state index contributed by atoms with van der Waals surface area (Å²) < 4.78 is 21.0. The summed E-state index contributed by atoms with van der Waals surface area (Å²) in [5.74, 6) is -1.11. The molecule has 3 atom stereocenters. The lowest BCUT2D eigenvalue weighted by Crippen LogP contribution is -2.38. The average molecular weight is 506 g/mol. The summed E-state index contributed by atoms with van der Waals surface area (Å²) in [4.78, 5) is 43.5. The molecule has 37 heavy (non-hydrogen) atoms. The number of aliphatic imine (C=N–C) groups is 1. The van der Waals surface area contributed by atoms with Crippen molar-refractivity contribution in [2.24, 2.45) is 10.9 Å². The van der Waals surface area contributed by atoms with Crippen LogP contribution in [0.1, 0.15) is 60.0 Å². The van der Waals surface area contributed by atoms with Gasteiger partial charge in [0, 0.05) is 29.3 Å². The largest absolute Gasteiger partial charge is 0.493 e. The topological polar surface area (TPSA) is 100 Å². The summed E-state index contributed by atoms with van der Waals surface area (Å²) in [5, 5.41) is 0. The highest BCUT2D eigenvalue weighted by Gasteiger charge is 2.44. The van der Waals surface area contributed by atoms with Gasteiger partial charge in [0.15, 0.2) is 17.3 Å². The molecule has 0 saturated heterocycles. The molecule has 1 heterocycles. The van der Waals surface area contributed by atoms with E-state index in [4.69, 9.17) is 23.9 Å². The van der Waals surface area contributed by atoms with E-state index < -0.39 is 23.8 Å². The summed E-state index contributed by atoms with van der Waals surface area (Å²) in [6.07, 6.45) is 0.815. The standard InChI is InChI=1S/C29H31NO7/c1-6-37-29(33)25-16(2)30-21-13-20(19-11-12-23(34-3)24(15-19)35-4)14-22(31)27(21)26(25)17-7-9-18(10-8-17)28(32)36-5/h7-12,15,20,25-26H,6,13-14H2,1-5H3/t20-,25?,26+/m0/s1. The minimum atomic E-state index is -0.732. The molecule has 1 aliphatic carbocycles. The number of ether oxygens (including phenoxy) is 4. The molecule has 2 aliphatic rings. The number of allylic oxidation sites excluding steroid dienone is 2. The monoisotopic (exact) mass is 505 g/mol. The van der Waals surface area contributed by atoms with Crippen molar-refractivity contribution >= 4 is 23.4 Å². The first-order valence-electron chi connectivity index (χ1n) is 12.2. The lowest BCUT2D eigenvalue weighted by atomic mass is 9.69. The van der Waals surface area contributed by atoms with E-state index in [-0.39, 0.29) is 24.7 Å². The van der Waals surface area contributed by atoms with Crippen molar-refractivity contribution in [2.75, 3.05) is 27.9 Å². The lowest BCUT2D eigenvalue weighted by Gasteiger charge is -2.36. The predicted octanol–water partition coefficient (Wildman–Crippen LogP) is 4.63. The third-order valence-electron chi connectivity index (χ3n) is 7.00. The first kappa shape index (κ1) is 26.1. The van der Waals surface area contributed by atoms with Gasteiger partial charge in [-0.25, -0.2) is 4.79 Å². The molecular weight excluding hydrogens is 474 g/mol. The maximum absolute atomic E-state index is 13.7. The Morgan fingerprint density at radius 3 is 2.24 bits per heavy atom. The molecule has 8 heteroatoms. The number of nitrogens with zero attached hydrogens (tertiary/aromatic N) is 1. The van der Waals surface area contributed by atoms with Crippen LogP contribution in [-0.4, -0.2) is 51.4 Å². The minimum Gasteiger partial charge on any atom is -0.493 e. The lowest BCUT2D eigenvalue weighted by molar-refractivity contribution is -0.146. The Bertz CT molecular complexity index is 1280. The molecule has 194 valence electrons. The number of hydrogen-bond donors (Lipinski definition) is 0. The van der Waals surface area contributed by atoms with E-state index in [1.807, 2.05) is 18.2 Å². The van der Waals surface area contributed by atoms with E-state index in [0.717, 1.165) is 11.1 Å². The van der Waals surface area contributed by atoms with Crippen molar-refractivity contribution in [2.45, 2.75) is 38.5 Å². The normalized spacial score (nSPS) is 21.1. The Morgan fingerprint density at radius 1 is 0.946 bits per heavy atom. The summed E-state index contributed by atoms with van der Waals surface area (Å²) >= 11 is 0. The van der Waals surface area contributed by atoms with Gasteiger partial charge < -0.3 is 18.9 Å². The number of esters is 2. The third kappa shape index (κ3) is 5.01. The summed E-state index contributed by atoms with van der Waals surface area (Å²) in [6.45, 7) is 3.76. The molecule has 0 amide bonds. The molecule has 1 unspecified atom stereocenters. The van der Waals surface area contributed by atoms with Crippen molar-refractivity contribution in [3.63, 3.8) is 0 Å². The van der Waals surface area contributed by atoms with Crippen LogP contribution in [0.25, 0.3) is 0 Å². The molecule has 0 spiro atoms. The van der Waals surface area contributed by atoms with Gasteiger partial charge in [0.25, 0.3) is 0 Å². The second-order valence-electron chi connectivity index (χ2n) is 9.08.